The highest BCUT2D eigenvalue weighted by Crippen LogP contribution is 2.27. The summed E-state index contributed by atoms with van der Waals surface area (Å²) in [5, 5.41) is 46.6. The second-order valence-corrected chi connectivity index (χ2v) is 5.82. The Labute approximate surface area is 133 Å². The van der Waals surface area contributed by atoms with Crippen molar-refractivity contribution < 1.29 is 30.0 Å². The fraction of sp³-hybridized carbons (Fsp3) is 0.786. The molecule has 130 valence electrons. The Kier molecular flexibility index (Phi) is 6.19. The maximum atomic E-state index is 10.9. The van der Waals surface area contributed by atoms with Crippen LogP contribution >= 0.6 is 0 Å². The molecule has 0 spiro atoms. The van der Waals surface area contributed by atoms with Crippen LogP contribution in [0.15, 0.2) is 6.20 Å². The number of hydrogen-bond acceptors (Lipinski definition) is 8. The van der Waals surface area contributed by atoms with Gasteiger partial charge in [-0.05, 0) is 26.2 Å². The van der Waals surface area contributed by atoms with E-state index in [0.29, 0.717) is 18.5 Å². The average Bonchev–Trinajstić information content (AvgIpc) is 2.98. The molecular formula is C14H23N3O6. The first-order chi connectivity index (χ1) is 10.9. The molecule has 0 saturated carbocycles. The molecule has 0 amide bonds. The fourth-order valence-corrected chi connectivity index (χ4v) is 2.53. The van der Waals surface area contributed by atoms with Gasteiger partial charge in [-0.25, -0.2) is 4.68 Å². The van der Waals surface area contributed by atoms with Crippen LogP contribution in [-0.4, -0.2) is 72.2 Å². The average molecular weight is 329 g/mol. The van der Waals surface area contributed by atoms with E-state index in [1.54, 1.807) is 13.1 Å². The SMILES string of the molecule is CC(=O)CCCCc1cn(C2O[C@H](CO)[C@H](O)[C@H](O)[C@H]2O)nn1. The molecule has 0 bridgehead atoms. The summed E-state index contributed by atoms with van der Waals surface area (Å²) >= 11 is 0. The first kappa shape index (κ1) is 18.0. The zero-order chi connectivity index (χ0) is 17.0. The van der Waals surface area contributed by atoms with Crippen molar-refractivity contribution in [3.05, 3.63) is 11.9 Å². The quantitative estimate of drug-likeness (QED) is 0.446. The first-order valence-corrected chi connectivity index (χ1v) is 7.64. The van der Waals surface area contributed by atoms with Gasteiger partial charge in [0.2, 0.25) is 0 Å². The lowest BCUT2D eigenvalue weighted by Crippen LogP contribution is -2.56. The molecule has 2 heterocycles. The summed E-state index contributed by atoms with van der Waals surface area (Å²) in [6.07, 6.45) is -1.97. The summed E-state index contributed by atoms with van der Waals surface area (Å²) in [6, 6.07) is 0. The van der Waals surface area contributed by atoms with E-state index in [-0.39, 0.29) is 5.78 Å². The predicted molar refractivity (Wildman–Crippen MR) is 77.3 cm³/mol. The van der Waals surface area contributed by atoms with Gasteiger partial charge in [-0.15, -0.1) is 5.10 Å². The van der Waals surface area contributed by atoms with Crippen molar-refractivity contribution in [2.45, 2.75) is 63.3 Å². The van der Waals surface area contributed by atoms with Gasteiger partial charge in [-0.1, -0.05) is 5.21 Å². The molecular weight excluding hydrogens is 306 g/mol. The number of carbonyl (C=O) groups is 1. The van der Waals surface area contributed by atoms with Gasteiger partial charge in [0.05, 0.1) is 18.5 Å². The van der Waals surface area contributed by atoms with Crippen LogP contribution in [0.1, 0.15) is 38.1 Å². The number of carbonyl (C=O) groups excluding carboxylic acids is 1. The van der Waals surface area contributed by atoms with Crippen molar-refractivity contribution in [1.82, 2.24) is 15.0 Å². The molecule has 23 heavy (non-hydrogen) atoms. The van der Waals surface area contributed by atoms with E-state index in [1.807, 2.05) is 0 Å². The number of aryl methyl sites for hydroxylation is 1. The van der Waals surface area contributed by atoms with Gasteiger partial charge in [0, 0.05) is 6.42 Å². The minimum atomic E-state index is -1.45. The summed E-state index contributed by atoms with van der Waals surface area (Å²) in [4.78, 5) is 10.9. The number of aromatic nitrogens is 3. The molecule has 1 saturated heterocycles. The number of rotatable bonds is 7. The number of ether oxygens (including phenoxy) is 1. The van der Waals surface area contributed by atoms with Crippen LogP contribution in [0.25, 0.3) is 0 Å². The van der Waals surface area contributed by atoms with Gasteiger partial charge in [-0.2, -0.15) is 0 Å². The van der Waals surface area contributed by atoms with Gasteiger partial charge in [0.25, 0.3) is 0 Å². The number of aliphatic hydroxyl groups is 4. The standard InChI is InChI=1S/C14H23N3O6/c1-8(19)4-2-3-5-9-6-17(16-15-9)14-13(22)12(21)11(20)10(7-18)23-14/h6,10-14,18,20-22H,2-5,7H2,1H3/t10-,11+,12+,13-,14?/m1/s1. The van der Waals surface area contributed by atoms with E-state index in [2.05, 4.69) is 10.3 Å². The summed E-state index contributed by atoms with van der Waals surface area (Å²) < 4.78 is 6.66. The Hall–Kier alpha value is -1.39. The van der Waals surface area contributed by atoms with E-state index in [9.17, 15) is 25.2 Å². The minimum absolute atomic E-state index is 0.148. The molecule has 0 aliphatic carbocycles. The van der Waals surface area contributed by atoms with Crippen molar-refractivity contribution in [2.75, 3.05) is 6.61 Å². The van der Waals surface area contributed by atoms with Crippen LogP contribution in [0.4, 0.5) is 0 Å². The number of ketones is 1. The lowest BCUT2D eigenvalue weighted by Gasteiger charge is -2.39. The van der Waals surface area contributed by atoms with Crippen molar-refractivity contribution in [3.63, 3.8) is 0 Å². The minimum Gasteiger partial charge on any atom is -0.394 e. The Balaban J connectivity index is 1.97. The van der Waals surface area contributed by atoms with Crippen molar-refractivity contribution >= 4 is 5.78 Å². The maximum absolute atomic E-state index is 10.9. The Morgan fingerprint density at radius 1 is 1.26 bits per heavy atom. The third kappa shape index (κ3) is 4.33. The third-order valence-corrected chi connectivity index (χ3v) is 3.90. The molecule has 1 aliphatic rings. The van der Waals surface area contributed by atoms with Gasteiger partial charge in [-0.3, -0.25) is 0 Å². The molecule has 0 aromatic carbocycles. The highest BCUT2D eigenvalue weighted by Gasteiger charge is 2.44. The molecule has 0 radical (unpaired) electrons. The van der Waals surface area contributed by atoms with Crippen molar-refractivity contribution in [2.24, 2.45) is 0 Å². The van der Waals surface area contributed by atoms with E-state index in [1.165, 1.54) is 4.68 Å². The number of aliphatic hydroxyl groups excluding tert-OH is 4. The van der Waals surface area contributed by atoms with Crippen molar-refractivity contribution in [3.8, 4) is 0 Å². The smallest absolute Gasteiger partial charge is 0.180 e. The second-order valence-electron chi connectivity index (χ2n) is 5.82. The summed E-state index contributed by atoms with van der Waals surface area (Å²) in [7, 11) is 0. The summed E-state index contributed by atoms with van der Waals surface area (Å²) in [5.74, 6) is 0.148. The molecule has 1 fully saturated rings. The number of unbranched alkanes of at least 4 members (excludes halogenated alkanes) is 1. The molecule has 1 aromatic rings. The van der Waals surface area contributed by atoms with Crippen LogP contribution < -0.4 is 0 Å². The molecule has 9 nitrogen and oxygen atoms in total. The molecule has 9 heteroatoms. The largest absolute Gasteiger partial charge is 0.394 e. The van der Waals surface area contributed by atoms with Crippen LogP contribution in [0, 0.1) is 0 Å². The molecule has 1 aliphatic heterocycles. The third-order valence-electron chi connectivity index (χ3n) is 3.90. The molecule has 2 rings (SSSR count). The lowest BCUT2D eigenvalue weighted by molar-refractivity contribution is -0.254. The highest BCUT2D eigenvalue weighted by atomic mass is 16.6. The first-order valence-electron chi connectivity index (χ1n) is 7.64. The molecule has 1 unspecified atom stereocenters. The monoisotopic (exact) mass is 329 g/mol. The Morgan fingerprint density at radius 2 is 2.00 bits per heavy atom. The second kappa shape index (κ2) is 7.93. The van der Waals surface area contributed by atoms with E-state index in [4.69, 9.17) is 4.74 Å². The van der Waals surface area contributed by atoms with E-state index in [0.717, 1.165) is 12.8 Å². The fourth-order valence-electron chi connectivity index (χ4n) is 2.53. The normalized spacial score (nSPS) is 31.3. The van der Waals surface area contributed by atoms with Crippen LogP contribution in [0.3, 0.4) is 0 Å². The Bertz CT molecular complexity index is 520. The number of nitrogens with zero attached hydrogens (tertiary/aromatic N) is 3. The van der Waals surface area contributed by atoms with Crippen LogP contribution in [0.5, 0.6) is 0 Å². The predicted octanol–water partition coefficient (Wildman–Crippen LogP) is -1.45. The number of hydrogen-bond donors (Lipinski definition) is 4. The van der Waals surface area contributed by atoms with Gasteiger partial charge >= 0.3 is 0 Å². The zero-order valence-corrected chi connectivity index (χ0v) is 12.9. The van der Waals surface area contributed by atoms with Crippen LogP contribution in [-0.2, 0) is 16.0 Å². The Morgan fingerprint density at radius 3 is 2.65 bits per heavy atom. The highest BCUT2D eigenvalue weighted by molar-refractivity contribution is 5.75. The van der Waals surface area contributed by atoms with Gasteiger partial charge in [0.1, 0.15) is 30.2 Å². The molecule has 1 aromatic heterocycles. The lowest BCUT2D eigenvalue weighted by atomic mass is 9.98. The van der Waals surface area contributed by atoms with Gasteiger partial charge in [0.15, 0.2) is 6.23 Å². The topological polar surface area (TPSA) is 138 Å². The van der Waals surface area contributed by atoms with Crippen molar-refractivity contribution in [1.29, 1.82) is 0 Å². The zero-order valence-electron chi connectivity index (χ0n) is 12.9. The summed E-state index contributed by atoms with van der Waals surface area (Å²) in [6.45, 7) is 1.06. The molecule has 5 atom stereocenters. The van der Waals surface area contributed by atoms with Gasteiger partial charge < -0.3 is 30.0 Å². The van der Waals surface area contributed by atoms with E-state index < -0.39 is 37.3 Å². The number of Topliss-reactive ketones (excluding diaryl/α,β-unsaturated/α-hetero) is 1. The van der Waals surface area contributed by atoms with E-state index >= 15 is 0 Å². The maximum Gasteiger partial charge on any atom is 0.180 e. The molecule has 4 N–H and O–H groups in total. The summed E-state index contributed by atoms with van der Waals surface area (Å²) in [5.41, 5.74) is 0.672. The van der Waals surface area contributed by atoms with Crippen LogP contribution in [0.2, 0.25) is 0 Å².